The van der Waals surface area contributed by atoms with E-state index in [0.717, 1.165) is 21.8 Å². The van der Waals surface area contributed by atoms with Crippen molar-refractivity contribution in [1.29, 1.82) is 0 Å². The maximum absolute atomic E-state index is 6.33. The van der Waals surface area contributed by atoms with Crippen LogP contribution in [0.2, 0.25) is 10.0 Å². The molecule has 0 aliphatic rings. The number of benzene rings is 1. The molecule has 1 unspecified atom stereocenters. The Kier molecular flexibility index (Phi) is 4.74. The van der Waals surface area contributed by atoms with E-state index in [2.05, 4.69) is 30.3 Å². The third-order valence-electron chi connectivity index (χ3n) is 3.35. The first-order valence-electron chi connectivity index (χ1n) is 6.62. The summed E-state index contributed by atoms with van der Waals surface area (Å²) in [4.78, 5) is 0. The molecule has 0 saturated carbocycles. The molecule has 0 aliphatic carbocycles. The van der Waals surface area contributed by atoms with Crippen LogP contribution in [0, 0.1) is 6.92 Å². The minimum Gasteiger partial charge on any atom is -0.308 e. The van der Waals surface area contributed by atoms with E-state index in [4.69, 9.17) is 23.2 Å². The molecule has 20 heavy (non-hydrogen) atoms. The van der Waals surface area contributed by atoms with Crippen LogP contribution in [-0.2, 0) is 0 Å². The van der Waals surface area contributed by atoms with Crippen LogP contribution in [0.4, 0.5) is 0 Å². The third-order valence-corrected chi connectivity index (χ3v) is 4.07. The van der Waals surface area contributed by atoms with Gasteiger partial charge in [-0.3, -0.25) is 4.68 Å². The first kappa shape index (κ1) is 15.4. The normalized spacial score (nSPS) is 12.9. The van der Waals surface area contributed by atoms with Gasteiger partial charge in [0.15, 0.2) is 0 Å². The van der Waals surface area contributed by atoms with Crippen LogP contribution in [0.15, 0.2) is 24.4 Å². The first-order chi connectivity index (χ1) is 9.45. The van der Waals surface area contributed by atoms with E-state index in [0.29, 0.717) is 5.02 Å². The summed E-state index contributed by atoms with van der Waals surface area (Å²) >= 11 is 12.4. The summed E-state index contributed by atoms with van der Waals surface area (Å²) < 4.78 is 1.95. The van der Waals surface area contributed by atoms with Crippen LogP contribution in [-0.4, -0.2) is 16.8 Å². The van der Waals surface area contributed by atoms with Crippen LogP contribution in [0.25, 0.3) is 0 Å². The number of hydrogen-bond acceptors (Lipinski definition) is 2. The lowest BCUT2D eigenvalue weighted by Gasteiger charge is -2.21. The second-order valence-electron chi connectivity index (χ2n) is 5.15. The standard InChI is InChI=1S/C15H19Cl2N3/c1-9(2)20-15(13(17)8-19-20)14(18-4)11-5-6-12(16)10(3)7-11/h5-9,14,18H,1-4H3. The molecule has 0 radical (unpaired) electrons. The fraction of sp³-hybridized carbons (Fsp3) is 0.400. The average Bonchev–Trinajstić information content (AvgIpc) is 2.77. The van der Waals surface area contributed by atoms with E-state index in [1.54, 1.807) is 6.20 Å². The van der Waals surface area contributed by atoms with Gasteiger partial charge in [0.25, 0.3) is 0 Å². The molecule has 1 aromatic heterocycles. The molecule has 1 N–H and O–H groups in total. The summed E-state index contributed by atoms with van der Waals surface area (Å²) in [5.41, 5.74) is 3.15. The Hall–Kier alpha value is -1.03. The minimum absolute atomic E-state index is 0.0108. The van der Waals surface area contributed by atoms with Gasteiger partial charge in [-0.1, -0.05) is 35.3 Å². The molecule has 0 saturated heterocycles. The van der Waals surface area contributed by atoms with Crippen molar-refractivity contribution in [2.75, 3.05) is 7.05 Å². The fourth-order valence-electron chi connectivity index (χ4n) is 2.34. The molecule has 2 rings (SSSR count). The molecule has 0 bridgehead atoms. The second-order valence-corrected chi connectivity index (χ2v) is 5.96. The van der Waals surface area contributed by atoms with Gasteiger partial charge in [-0.05, 0) is 45.0 Å². The number of aromatic nitrogens is 2. The Labute approximate surface area is 129 Å². The van der Waals surface area contributed by atoms with E-state index < -0.39 is 0 Å². The van der Waals surface area contributed by atoms with Crippen LogP contribution in [0.1, 0.15) is 42.8 Å². The number of rotatable bonds is 4. The number of nitrogens with zero attached hydrogens (tertiary/aromatic N) is 2. The molecule has 0 spiro atoms. The molecule has 5 heteroatoms. The number of nitrogens with one attached hydrogen (secondary N) is 1. The highest BCUT2D eigenvalue weighted by Gasteiger charge is 2.22. The highest BCUT2D eigenvalue weighted by Crippen LogP contribution is 2.31. The Morgan fingerprint density at radius 3 is 2.45 bits per heavy atom. The summed E-state index contributed by atoms with van der Waals surface area (Å²) in [5.74, 6) is 0. The highest BCUT2D eigenvalue weighted by molar-refractivity contribution is 6.31. The molecular formula is C15H19Cl2N3. The van der Waals surface area contributed by atoms with Gasteiger partial charge >= 0.3 is 0 Å². The Morgan fingerprint density at radius 1 is 1.20 bits per heavy atom. The molecule has 0 amide bonds. The van der Waals surface area contributed by atoms with Gasteiger partial charge in [0, 0.05) is 11.1 Å². The molecule has 1 heterocycles. The summed E-state index contributed by atoms with van der Waals surface area (Å²) in [6, 6.07) is 6.26. The van der Waals surface area contributed by atoms with Gasteiger partial charge in [-0.15, -0.1) is 0 Å². The summed E-state index contributed by atoms with van der Waals surface area (Å²) in [6.07, 6.45) is 1.70. The number of hydrogen-bond donors (Lipinski definition) is 1. The van der Waals surface area contributed by atoms with E-state index in [1.165, 1.54) is 0 Å². The summed E-state index contributed by atoms with van der Waals surface area (Å²) in [7, 11) is 1.92. The lowest BCUT2D eigenvalue weighted by atomic mass is 10.0. The molecule has 0 aliphatic heterocycles. The van der Waals surface area contributed by atoms with Crippen LogP contribution >= 0.6 is 23.2 Å². The van der Waals surface area contributed by atoms with Crippen molar-refractivity contribution in [3.8, 4) is 0 Å². The molecule has 108 valence electrons. The zero-order chi connectivity index (χ0) is 14.9. The van der Waals surface area contributed by atoms with Crippen molar-refractivity contribution in [1.82, 2.24) is 15.1 Å². The summed E-state index contributed by atoms with van der Waals surface area (Å²) in [5, 5.41) is 9.13. The van der Waals surface area contributed by atoms with Crippen LogP contribution in [0.3, 0.4) is 0 Å². The molecule has 1 aromatic carbocycles. The Bertz CT molecular complexity index is 605. The van der Waals surface area contributed by atoms with Crippen molar-refractivity contribution in [3.63, 3.8) is 0 Å². The number of halogens is 2. The van der Waals surface area contributed by atoms with Crippen LogP contribution < -0.4 is 5.32 Å². The van der Waals surface area contributed by atoms with Gasteiger partial charge in [-0.25, -0.2) is 0 Å². The second kappa shape index (κ2) is 6.17. The average molecular weight is 312 g/mol. The SMILES string of the molecule is CNC(c1ccc(Cl)c(C)c1)c1c(Cl)cnn1C(C)C. The van der Waals surface area contributed by atoms with Crippen molar-refractivity contribution >= 4 is 23.2 Å². The number of aryl methyl sites for hydroxylation is 1. The van der Waals surface area contributed by atoms with Gasteiger partial charge in [-0.2, -0.15) is 5.10 Å². The van der Waals surface area contributed by atoms with Gasteiger partial charge < -0.3 is 5.32 Å². The zero-order valence-electron chi connectivity index (χ0n) is 12.1. The zero-order valence-corrected chi connectivity index (χ0v) is 13.6. The van der Waals surface area contributed by atoms with Crippen molar-refractivity contribution in [2.45, 2.75) is 32.9 Å². The van der Waals surface area contributed by atoms with Gasteiger partial charge in [0.1, 0.15) is 0 Å². The Morgan fingerprint density at radius 2 is 1.90 bits per heavy atom. The fourth-order valence-corrected chi connectivity index (χ4v) is 2.70. The molecular weight excluding hydrogens is 293 g/mol. The monoisotopic (exact) mass is 311 g/mol. The first-order valence-corrected chi connectivity index (χ1v) is 7.37. The van der Waals surface area contributed by atoms with Crippen molar-refractivity contribution in [3.05, 3.63) is 51.3 Å². The molecule has 2 aromatic rings. The van der Waals surface area contributed by atoms with Gasteiger partial charge in [0.05, 0.1) is 23.0 Å². The van der Waals surface area contributed by atoms with Crippen LogP contribution in [0.5, 0.6) is 0 Å². The maximum Gasteiger partial charge on any atom is 0.0837 e. The lowest BCUT2D eigenvalue weighted by Crippen LogP contribution is -2.23. The van der Waals surface area contributed by atoms with E-state index in [1.807, 2.05) is 30.8 Å². The minimum atomic E-state index is -0.0108. The topological polar surface area (TPSA) is 29.9 Å². The Balaban J connectivity index is 2.52. The predicted molar refractivity (Wildman–Crippen MR) is 84.7 cm³/mol. The van der Waals surface area contributed by atoms with E-state index in [-0.39, 0.29) is 12.1 Å². The maximum atomic E-state index is 6.33. The molecule has 3 nitrogen and oxygen atoms in total. The lowest BCUT2D eigenvalue weighted by molar-refractivity contribution is 0.484. The quantitative estimate of drug-likeness (QED) is 0.907. The van der Waals surface area contributed by atoms with E-state index in [9.17, 15) is 0 Å². The predicted octanol–water partition coefficient (Wildman–Crippen LogP) is 4.39. The van der Waals surface area contributed by atoms with Crippen molar-refractivity contribution in [2.24, 2.45) is 0 Å². The molecule has 0 fully saturated rings. The smallest absolute Gasteiger partial charge is 0.0837 e. The largest absolute Gasteiger partial charge is 0.308 e. The van der Waals surface area contributed by atoms with Gasteiger partial charge in [0.2, 0.25) is 0 Å². The van der Waals surface area contributed by atoms with Crippen molar-refractivity contribution < 1.29 is 0 Å². The highest BCUT2D eigenvalue weighted by atomic mass is 35.5. The van der Waals surface area contributed by atoms with E-state index >= 15 is 0 Å². The molecule has 1 atom stereocenters. The third kappa shape index (κ3) is 2.85. The summed E-state index contributed by atoms with van der Waals surface area (Å²) in [6.45, 7) is 6.18.